The van der Waals surface area contributed by atoms with Crippen molar-refractivity contribution in [3.63, 3.8) is 0 Å². The molecule has 0 saturated carbocycles. The summed E-state index contributed by atoms with van der Waals surface area (Å²) in [5.41, 5.74) is 0.953. The van der Waals surface area contributed by atoms with Crippen LogP contribution >= 0.6 is 11.6 Å². The lowest BCUT2D eigenvalue weighted by molar-refractivity contribution is -0.113. The quantitative estimate of drug-likeness (QED) is 0.607. The number of furan rings is 1. The second-order valence-corrected chi connectivity index (χ2v) is 6.15. The molecule has 2 aromatic carbocycles. The highest BCUT2D eigenvalue weighted by Crippen LogP contribution is 2.16. The number of methoxy groups -OCH3 is 1. The molecule has 1 aromatic heterocycles. The predicted molar refractivity (Wildman–Crippen MR) is 107 cm³/mol. The Balaban J connectivity index is 1.80. The highest BCUT2D eigenvalue weighted by molar-refractivity contribution is 6.30. The molecule has 2 amide bonds. The lowest BCUT2D eigenvalue weighted by Gasteiger charge is -2.11. The third-order valence-electron chi connectivity index (χ3n) is 3.78. The van der Waals surface area contributed by atoms with Gasteiger partial charge in [0.2, 0.25) is 0 Å². The Hall–Kier alpha value is -3.51. The first kappa shape index (κ1) is 19.3. The van der Waals surface area contributed by atoms with Crippen molar-refractivity contribution < 1.29 is 18.7 Å². The van der Waals surface area contributed by atoms with Gasteiger partial charge >= 0.3 is 0 Å². The van der Waals surface area contributed by atoms with Crippen LogP contribution in [0.25, 0.3) is 6.08 Å². The van der Waals surface area contributed by atoms with Crippen LogP contribution in [0.4, 0.5) is 5.69 Å². The normalized spacial score (nSPS) is 11.0. The number of nitrogens with one attached hydrogen (secondary N) is 2. The Bertz CT molecular complexity index is 978. The fourth-order valence-electron chi connectivity index (χ4n) is 2.34. The van der Waals surface area contributed by atoms with E-state index in [0.717, 1.165) is 0 Å². The summed E-state index contributed by atoms with van der Waals surface area (Å²) < 4.78 is 10.4. The van der Waals surface area contributed by atoms with E-state index in [4.69, 9.17) is 20.8 Å². The van der Waals surface area contributed by atoms with E-state index in [-0.39, 0.29) is 5.70 Å². The molecule has 0 aliphatic carbocycles. The third kappa shape index (κ3) is 5.02. The Kier molecular flexibility index (Phi) is 6.14. The molecule has 0 fully saturated rings. The van der Waals surface area contributed by atoms with Crippen LogP contribution in [0.15, 0.2) is 77.0 Å². The van der Waals surface area contributed by atoms with E-state index in [1.54, 1.807) is 67.8 Å². The predicted octanol–water partition coefficient (Wildman–Crippen LogP) is 4.35. The van der Waals surface area contributed by atoms with Gasteiger partial charge in [-0.2, -0.15) is 0 Å². The second-order valence-electron chi connectivity index (χ2n) is 5.72. The van der Waals surface area contributed by atoms with Crippen molar-refractivity contribution in [1.29, 1.82) is 0 Å². The topological polar surface area (TPSA) is 80.6 Å². The number of amides is 2. The van der Waals surface area contributed by atoms with Crippen molar-refractivity contribution in [2.75, 3.05) is 12.4 Å². The van der Waals surface area contributed by atoms with E-state index >= 15 is 0 Å². The lowest BCUT2D eigenvalue weighted by Crippen LogP contribution is -2.30. The zero-order valence-corrected chi connectivity index (χ0v) is 15.7. The van der Waals surface area contributed by atoms with Crippen LogP contribution in [-0.2, 0) is 4.79 Å². The van der Waals surface area contributed by atoms with Gasteiger partial charge in [0.25, 0.3) is 11.8 Å². The highest BCUT2D eigenvalue weighted by Gasteiger charge is 2.16. The molecule has 7 heteroatoms. The molecule has 142 valence electrons. The molecule has 0 saturated heterocycles. The van der Waals surface area contributed by atoms with Gasteiger partial charge in [-0.25, -0.2) is 0 Å². The highest BCUT2D eigenvalue weighted by atomic mass is 35.5. The van der Waals surface area contributed by atoms with Crippen LogP contribution in [0.2, 0.25) is 5.02 Å². The van der Waals surface area contributed by atoms with Crippen LogP contribution < -0.4 is 15.4 Å². The molecule has 0 unspecified atom stereocenters. The van der Waals surface area contributed by atoms with Crippen molar-refractivity contribution in [2.24, 2.45) is 0 Å². The molecule has 3 aromatic rings. The van der Waals surface area contributed by atoms with Crippen LogP contribution in [0.1, 0.15) is 16.1 Å². The number of carbonyl (C=O) groups is 2. The van der Waals surface area contributed by atoms with E-state index in [0.29, 0.717) is 27.8 Å². The first-order chi connectivity index (χ1) is 13.5. The minimum atomic E-state index is -0.496. The van der Waals surface area contributed by atoms with E-state index in [1.165, 1.54) is 12.3 Å². The van der Waals surface area contributed by atoms with Gasteiger partial charge in [-0.15, -0.1) is 0 Å². The molecule has 1 heterocycles. The maximum absolute atomic E-state index is 12.7. The molecule has 0 aliphatic rings. The molecule has 0 spiro atoms. The molecule has 28 heavy (non-hydrogen) atoms. The van der Waals surface area contributed by atoms with Crippen LogP contribution in [0.5, 0.6) is 5.75 Å². The minimum Gasteiger partial charge on any atom is -0.497 e. The van der Waals surface area contributed by atoms with Gasteiger partial charge in [-0.3, -0.25) is 9.59 Å². The Labute approximate surface area is 166 Å². The molecular formula is C21H17ClN2O4. The number of hydrogen-bond donors (Lipinski definition) is 2. The van der Waals surface area contributed by atoms with E-state index in [2.05, 4.69) is 10.6 Å². The summed E-state index contributed by atoms with van der Waals surface area (Å²) in [6, 6.07) is 16.5. The molecule has 0 radical (unpaired) electrons. The van der Waals surface area contributed by atoms with Crippen molar-refractivity contribution in [1.82, 2.24) is 5.32 Å². The van der Waals surface area contributed by atoms with Gasteiger partial charge in [-0.05, 0) is 60.7 Å². The summed E-state index contributed by atoms with van der Waals surface area (Å²) in [7, 11) is 1.56. The zero-order valence-electron chi connectivity index (χ0n) is 14.9. The summed E-state index contributed by atoms with van der Waals surface area (Å²) in [4.78, 5) is 25.2. The largest absolute Gasteiger partial charge is 0.497 e. The number of carbonyl (C=O) groups excluding carboxylic acids is 2. The fraction of sp³-hybridized carbons (Fsp3) is 0.0476. The molecule has 3 rings (SSSR count). The van der Waals surface area contributed by atoms with Gasteiger partial charge in [-0.1, -0.05) is 11.6 Å². The van der Waals surface area contributed by atoms with Crippen molar-refractivity contribution in [2.45, 2.75) is 0 Å². The van der Waals surface area contributed by atoms with Crippen LogP contribution in [0, 0.1) is 0 Å². The van der Waals surface area contributed by atoms with Gasteiger partial charge in [0, 0.05) is 22.3 Å². The number of hydrogen-bond acceptors (Lipinski definition) is 4. The fourth-order valence-corrected chi connectivity index (χ4v) is 2.47. The summed E-state index contributed by atoms with van der Waals surface area (Å²) in [6.45, 7) is 0. The van der Waals surface area contributed by atoms with E-state index in [9.17, 15) is 9.59 Å². The van der Waals surface area contributed by atoms with E-state index < -0.39 is 11.8 Å². The molecule has 0 atom stereocenters. The lowest BCUT2D eigenvalue weighted by atomic mass is 10.2. The Morgan fingerprint density at radius 1 is 1.04 bits per heavy atom. The number of rotatable bonds is 6. The van der Waals surface area contributed by atoms with E-state index in [1.807, 2.05) is 0 Å². The number of ether oxygens (including phenoxy) is 1. The van der Waals surface area contributed by atoms with Crippen LogP contribution in [0.3, 0.4) is 0 Å². The van der Waals surface area contributed by atoms with Gasteiger partial charge in [0.1, 0.15) is 17.2 Å². The third-order valence-corrected chi connectivity index (χ3v) is 4.03. The number of anilines is 1. The average molecular weight is 397 g/mol. The minimum absolute atomic E-state index is 0.0331. The monoisotopic (exact) mass is 396 g/mol. The number of halogens is 1. The standard InChI is InChI=1S/C21H17ClN2O4/c1-27-17-10-8-16(9-11-17)23-21(26)19(13-18-3-2-12-28-18)24-20(25)14-4-6-15(22)7-5-14/h2-13H,1H3,(H,23,26)(H,24,25)/b19-13-. The molecule has 0 bridgehead atoms. The first-order valence-electron chi connectivity index (χ1n) is 8.32. The summed E-state index contributed by atoms with van der Waals surface area (Å²) in [5.74, 6) is 0.153. The van der Waals surface area contributed by atoms with Gasteiger partial charge in [0.05, 0.1) is 13.4 Å². The SMILES string of the molecule is COc1ccc(NC(=O)/C(=C/c2ccco2)NC(=O)c2ccc(Cl)cc2)cc1. The smallest absolute Gasteiger partial charge is 0.272 e. The van der Waals surface area contributed by atoms with Gasteiger partial charge in [0.15, 0.2) is 0 Å². The molecule has 2 N–H and O–H groups in total. The molecule has 6 nitrogen and oxygen atoms in total. The second kappa shape index (κ2) is 8.92. The summed E-state index contributed by atoms with van der Waals surface area (Å²) >= 11 is 5.85. The summed E-state index contributed by atoms with van der Waals surface area (Å²) in [5, 5.41) is 5.86. The number of benzene rings is 2. The zero-order chi connectivity index (χ0) is 19.9. The Morgan fingerprint density at radius 2 is 1.75 bits per heavy atom. The first-order valence-corrected chi connectivity index (χ1v) is 8.70. The van der Waals surface area contributed by atoms with Crippen molar-refractivity contribution >= 4 is 35.2 Å². The van der Waals surface area contributed by atoms with Crippen molar-refractivity contribution in [3.8, 4) is 5.75 Å². The Morgan fingerprint density at radius 3 is 2.36 bits per heavy atom. The maximum atomic E-state index is 12.7. The average Bonchev–Trinajstić information content (AvgIpc) is 3.21. The molecular weight excluding hydrogens is 380 g/mol. The maximum Gasteiger partial charge on any atom is 0.272 e. The summed E-state index contributed by atoms with van der Waals surface area (Å²) in [6.07, 6.45) is 2.93. The molecule has 0 aliphatic heterocycles. The van der Waals surface area contributed by atoms with Crippen LogP contribution in [-0.4, -0.2) is 18.9 Å². The van der Waals surface area contributed by atoms with Gasteiger partial charge < -0.3 is 19.8 Å². The van der Waals surface area contributed by atoms with Crippen molar-refractivity contribution in [3.05, 3.63) is 89.0 Å².